The van der Waals surface area contributed by atoms with Gasteiger partial charge in [0.05, 0.1) is 4.90 Å². The maximum absolute atomic E-state index is 12.4. The Labute approximate surface area is 134 Å². The van der Waals surface area contributed by atoms with Gasteiger partial charge in [0.15, 0.2) is 6.04 Å². The van der Waals surface area contributed by atoms with Crippen LogP contribution in [-0.2, 0) is 14.8 Å². The number of rotatable bonds is 5. The number of hydrogen-bond acceptors (Lipinski definition) is 4. The molecule has 2 rings (SSSR count). The van der Waals surface area contributed by atoms with Crippen LogP contribution in [0.15, 0.2) is 45.1 Å². The smallest absolute Gasteiger partial charge is 0.327 e. The lowest BCUT2D eigenvalue weighted by Crippen LogP contribution is -2.33. The molecule has 0 saturated heterocycles. The van der Waals surface area contributed by atoms with E-state index in [-0.39, 0.29) is 4.90 Å². The number of aliphatic carboxylic acids is 1. The van der Waals surface area contributed by atoms with Gasteiger partial charge in [-0.15, -0.1) is 11.3 Å². The van der Waals surface area contributed by atoms with E-state index in [0.29, 0.717) is 9.35 Å². The summed E-state index contributed by atoms with van der Waals surface area (Å²) in [6, 6.07) is 6.70. The number of thiophene rings is 1. The van der Waals surface area contributed by atoms with Gasteiger partial charge in [-0.25, -0.2) is 8.42 Å². The number of halogens is 1. The Hall–Kier alpha value is -1.22. The van der Waals surface area contributed by atoms with Gasteiger partial charge in [0.1, 0.15) is 0 Å². The first-order chi connectivity index (χ1) is 9.81. The Morgan fingerprint density at radius 1 is 1.38 bits per heavy atom. The van der Waals surface area contributed by atoms with Crippen molar-refractivity contribution in [3.8, 4) is 0 Å². The molecular formula is C13H12BrNO4S2. The zero-order valence-corrected chi connectivity index (χ0v) is 14.1. The standard InChI is InChI=1S/C13H12BrNO4S2/c1-8-4-5-11(9(14)7-8)21(18,19)15-12(13(16)17)10-3-2-6-20-10/h2-7,12,15H,1H3,(H,16,17). The molecule has 21 heavy (non-hydrogen) atoms. The van der Waals surface area contributed by atoms with E-state index in [1.54, 1.807) is 29.6 Å². The number of nitrogens with one attached hydrogen (secondary N) is 1. The lowest BCUT2D eigenvalue weighted by molar-refractivity contribution is -0.139. The summed E-state index contributed by atoms with van der Waals surface area (Å²) in [5.74, 6) is -1.25. The van der Waals surface area contributed by atoms with Crippen molar-refractivity contribution in [2.75, 3.05) is 0 Å². The normalized spacial score (nSPS) is 13.0. The van der Waals surface area contributed by atoms with E-state index in [4.69, 9.17) is 0 Å². The van der Waals surface area contributed by atoms with E-state index >= 15 is 0 Å². The van der Waals surface area contributed by atoms with Crippen LogP contribution in [0.4, 0.5) is 0 Å². The quantitative estimate of drug-likeness (QED) is 0.823. The number of carboxylic acid groups (broad SMARTS) is 1. The summed E-state index contributed by atoms with van der Waals surface area (Å²) in [6.07, 6.45) is 0. The first-order valence-corrected chi connectivity index (χ1v) is 9.01. The van der Waals surface area contributed by atoms with Crippen LogP contribution in [0.5, 0.6) is 0 Å². The third-order valence-electron chi connectivity index (χ3n) is 2.72. The molecule has 2 N–H and O–H groups in total. The Bertz CT molecular complexity index is 756. The molecule has 1 heterocycles. The van der Waals surface area contributed by atoms with E-state index in [1.165, 1.54) is 17.4 Å². The van der Waals surface area contributed by atoms with Gasteiger partial charge >= 0.3 is 5.97 Å². The Balaban J connectivity index is 2.37. The van der Waals surface area contributed by atoms with Gasteiger partial charge in [-0.3, -0.25) is 4.79 Å². The molecule has 8 heteroatoms. The van der Waals surface area contributed by atoms with Crippen LogP contribution in [0.2, 0.25) is 0 Å². The maximum Gasteiger partial charge on any atom is 0.327 e. The molecule has 112 valence electrons. The van der Waals surface area contributed by atoms with Crippen molar-refractivity contribution in [3.05, 3.63) is 50.6 Å². The fraction of sp³-hybridized carbons (Fsp3) is 0.154. The monoisotopic (exact) mass is 389 g/mol. The van der Waals surface area contributed by atoms with Crippen molar-refractivity contribution in [2.45, 2.75) is 17.9 Å². The van der Waals surface area contributed by atoms with Crippen LogP contribution in [0.1, 0.15) is 16.5 Å². The molecule has 1 unspecified atom stereocenters. The average Bonchev–Trinajstić information content (AvgIpc) is 2.88. The fourth-order valence-electron chi connectivity index (χ4n) is 1.73. The van der Waals surface area contributed by atoms with Crippen LogP contribution in [0, 0.1) is 6.92 Å². The predicted molar refractivity (Wildman–Crippen MR) is 83.9 cm³/mol. The molecule has 0 spiro atoms. The second-order valence-corrected chi connectivity index (χ2v) is 7.86. The molecule has 0 amide bonds. The molecule has 0 radical (unpaired) electrons. The summed E-state index contributed by atoms with van der Waals surface area (Å²) < 4.78 is 27.4. The van der Waals surface area contributed by atoms with E-state index in [9.17, 15) is 18.3 Å². The summed E-state index contributed by atoms with van der Waals surface area (Å²) in [4.78, 5) is 11.7. The van der Waals surface area contributed by atoms with E-state index in [1.807, 2.05) is 6.92 Å². The molecule has 5 nitrogen and oxygen atoms in total. The Morgan fingerprint density at radius 3 is 2.62 bits per heavy atom. The molecule has 1 atom stereocenters. The lowest BCUT2D eigenvalue weighted by atomic mass is 10.2. The summed E-state index contributed by atoms with van der Waals surface area (Å²) in [7, 11) is -3.95. The molecule has 0 aliphatic rings. The molecule has 1 aromatic carbocycles. The third kappa shape index (κ3) is 3.70. The van der Waals surface area contributed by atoms with Crippen LogP contribution in [0.25, 0.3) is 0 Å². The van der Waals surface area contributed by atoms with Gasteiger partial charge in [-0.2, -0.15) is 4.72 Å². The van der Waals surface area contributed by atoms with Gasteiger partial charge in [0.25, 0.3) is 0 Å². The molecule has 0 aliphatic carbocycles. The third-order valence-corrected chi connectivity index (χ3v) is 6.06. The first-order valence-electron chi connectivity index (χ1n) is 5.86. The predicted octanol–water partition coefficient (Wildman–Crippen LogP) is 2.92. The topological polar surface area (TPSA) is 83.5 Å². The number of sulfonamides is 1. The van der Waals surface area contributed by atoms with Crippen molar-refractivity contribution in [1.82, 2.24) is 4.72 Å². The van der Waals surface area contributed by atoms with Gasteiger partial charge in [0.2, 0.25) is 10.0 Å². The Morgan fingerprint density at radius 2 is 2.10 bits per heavy atom. The van der Waals surface area contributed by atoms with Crippen molar-refractivity contribution in [3.63, 3.8) is 0 Å². The van der Waals surface area contributed by atoms with Crippen molar-refractivity contribution in [2.24, 2.45) is 0 Å². The van der Waals surface area contributed by atoms with Gasteiger partial charge in [-0.1, -0.05) is 12.1 Å². The molecular weight excluding hydrogens is 378 g/mol. The second kappa shape index (κ2) is 6.27. The highest BCUT2D eigenvalue weighted by Crippen LogP contribution is 2.26. The van der Waals surface area contributed by atoms with Crippen LogP contribution in [0.3, 0.4) is 0 Å². The zero-order valence-electron chi connectivity index (χ0n) is 10.9. The minimum atomic E-state index is -3.95. The maximum atomic E-state index is 12.4. The fourth-order valence-corrected chi connectivity index (χ4v) is 4.93. The highest BCUT2D eigenvalue weighted by molar-refractivity contribution is 9.10. The number of hydrogen-bond donors (Lipinski definition) is 2. The zero-order chi connectivity index (χ0) is 15.6. The van der Waals surface area contributed by atoms with Crippen LogP contribution >= 0.6 is 27.3 Å². The molecule has 0 bridgehead atoms. The Kier molecular flexibility index (Phi) is 4.82. The van der Waals surface area contributed by atoms with Gasteiger partial charge in [-0.05, 0) is 52.0 Å². The molecule has 0 saturated carbocycles. The highest BCUT2D eigenvalue weighted by Gasteiger charge is 2.28. The summed E-state index contributed by atoms with van der Waals surface area (Å²) in [5.41, 5.74) is 0.897. The second-order valence-electron chi connectivity index (χ2n) is 4.34. The summed E-state index contributed by atoms with van der Waals surface area (Å²) in [5, 5.41) is 10.9. The largest absolute Gasteiger partial charge is 0.480 e. The number of carbonyl (C=O) groups is 1. The molecule has 0 fully saturated rings. The number of benzene rings is 1. The summed E-state index contributed by atoms with van der Waals surface area (Å²) in [6.45, 7) is 1.83. The van der Waals surface area contributed by atoms with Crippen molar-refractivity contribution < 1.29 is 18.3 Å². The highest BCUT2D eigenvalue weighted by atomic mass is 79.9. The van der Waals surface area contributed by atoms with Crippen molar-refractivity contribution >= 4 is 43.3 Å². The SMILES string of the molecule is Cc1ccc(S(=O)(=O)NC(C(=O)O)c2cccs2)c(Br)c1. The lowest BCUT2D eigenvalue weighted by Gasteiger charge is -2.14. The van der Waals surface area contributed by atoms with Crippen molar-refractivity contribution in [1.29, 1.82) is 0 Å². The minimum absolute atomic E-state index is 0.0101. The average molecular weight is 390 g/mol. The van der Waals surface area contributed by atoms with Crippen LogP contribution in [-0.4, -0.2) is 19.5 Å². The first kappa shape index (κ1) is 16.2. The summed E-state index contributed by atoms with van der Waals surface area (Å²) >= 11 is 4.38. The van der Waals surface area contributed by atoms with E-state index < -0.39 is 22.0 Å². The molecule has 2 aromatic rings. The van der Waals surface area contributed by atoms with Crippen LogP contribution < -0.4 is 4.72 Å². The van der Waals surface area contributed by atoms with Gasteiger partial charge in [0, 0.05) is 9.35 Å². The van der Waals surface area contributed by atoms with E-state index in [0.717, 1.165) is 5.56 Å². The molecule has 1 aromatic heterocycles. The number of aryl methyl sites for hydroxylation is 1. The molecule has 0 aliphatic heterocycles. The van der Waals surface area contributed by atoms with Gasteiger partial charge < -0.3 is 5.11 Å². The van der Waals surface area contributed by atoms with E-state index in [2.05, 4.69) is 20.7 Å². The number of carboxylic acids is 1. The minimum Gasteiger partial charge on any atom is -0.480 e.